The molecule has 0 fully saturated rings. The van der Waals surface area contributed by atoms with E-state index >= 15 is 0 Å². The Kier molecular flexibility index (Phi) is 5.38. The molecule has 1 aromatic rings. The van der Waals surface area contributed by atoms with E-state index in [0.29, 0.717) is 18.0 Å². The van der Waals surface area contributed by atoms with Gasteiger partial charge in [-0.15, -0.1) is 0 Å². The van der Waals surface area contributed by atoms with Gasteiger partial charge in [-0.3, -0.25) is 4.79 Å². The van der Waals surface area contributed by atoms with Gasteiger partial charge in [0.15, 0.2) is 0 Å². The van der Waals surface area contributed by atoms with Crippen LogP contribution in [0.5, 0.6) is 5.88 Å². The van der Waals surface area contributed by atoms with Crippen LogP contribution < -0.4 is 10.1 Å². The first-order chi connectivity index (χ1) is 7.29. The van der Waals surface area contributed by atoms with E-state index in [2.05, 4.69) is 32.9 Å². The average molecular weight is 320 g/mol. The van der Waals surface area contributed by atoms with Crippen molar-refractivity contribution in [3.8, 4) is 5.88 Å². The fourth-order valence-corrected chi connectivity index (χ4v) is 1.47. The van der Waals surface area contributed by atoms with E-state index in [1.807, 2.05) is 0 Å². The van der Waals surface area contributed by atoms with Crippen molar-refractivity contribution in [2.75, 3.05) is 18.1 Å². The van der Waals surface area contributed by atoms with Crippen molar-refractivity contribution in [3.05, 3.63) is 23.9 Å². The van der Waals surface area contributed by atoms with Gasteiger partial charge >= 0.3 is 0 Å². The Morgan fingerprint density at radius 2 is 2.47 bits per heavy atom. The number of nitrogens with one attached hydrogen (secondary N) is 1. The largest absolute Gasteiger partial charge is 0.480 e. The standard InChI is InChI=1S/C10H13IN2O2/c1-15-10-8(4-2-6-13-10)9(14)12-7-3-5-11/h2,4,6H,3,5,7H2,1H3,(H,12,14). The maximum Gasteiger partial charge on any atom is 0.256 e. The van der Waals surface area contributed by atoms with Crippen molar-refractivity contribution in [2.45, 2.75) is 6.42 Å². The van der Waals surface area contributed by atoms with Crippen LogP contribution in [0.25, 0.3) is 0 Å². The van der Waals surface area contributed by atoms with Crippen LogP contribution in [0, 0.1) is 0 Å². The predicted molar refractivity (Wildman–Crippen MR) is 66.6 cm³/mol. The van der Waals surface area contributed by atoms with Crippen LogP contribution in [-0.2, 0) is 0 Å². The summed E-state index contributed by atoms with van der Waals surface area (Å²) in [5.74, 6) is 0.231. The van der Waals surface area contributed by atoms with Gasteiger partial charge in [-0.25, -0.2) is 4.98 Å². The average Bonchev–Trinajstić information content (AvgIpc) is 2.29. The van der Waals surface area contributed by atoms with Crippen LogP contribution in [0.2, 0.25) is 0 Å². The van der Waals surface area contributed by atoms with Crippen molar-refractivity contribution in [1.82, 2.24) is 10.3 Å². The molecule has 1 rings (SSSR count). The zero-order chi connectivity index (χ0) is 11.1. The number of rotatable bonds is 5. The number of carbonyl (C=O) groups is 1. The molecular weight excluding hydrogens is 307 g/mol. The summed E-state index contributed by atoms with van der Waals surface area (Å²) in [5, 5.41) is 2.81. The van der Waals surface area contributed by atoms with Crippen molar-refractivity contribution in [3.63, 3.8) is 0 Å². The smallest absolute Gasteiger partial charge is 0.256 e. The van der Waals surface area contributed by atoms with Gasteiger partial charge in [0.2, 0.25) is 5.88 Å². The minimum absolute atomic E-state index is 0.134. The minimum atomic E-state index is -0.134. The molecular formula is C10H13IN2O2. The second kappa shape index (κ2) is 6.60. The number of halogens is 1. The normalized spacial score (nSPS) is 9.73. The predicted octanol–water partition coefficient (Wildman–Crippen LogP) is 1.65. The summed E-state index contributed by atoms with van der Waals surface area (Å²) in [4.78, 5) is 15.6. The summed E-state index contributed by atoms with van der Waals surface area (Å²) >= 11 is 2.27. The number of aromatic nitrogens is 1. The van der Waals surface area contributed by atoms with Crippen LogP contribution in [-0.4, -0.2) is 29.0 Å². The molecule has 0 aliphatic rings. The highest BCUT2D eigenvalue weighted by atomic mass is 127. The van der Waals surface area contributed by atoms with Crippen LogP contribution in [0.4, 0.5) is 0 Å². The molecule has 0 spiro atoms. The number of amides is 1. The number of methoxy groups -OCH3 is 1. The topological polar surface area (TPSA) is 51.2 Å². The number of carbonyl (C=O) groups excluding carboxylic acids is 1. The van der Waals surface area contributed by atoms with Crippen LogP contribution in [0.15, 0.2) is 18.3 Å². The molecule has 1 heterocycles. The Morgan fingerprint density at radius 3 is 3.13 bits per heavy atom. The van der Waals surface area contributed by atoms with Gasteiger partial charge in [0.05, 0.1) is 7.11 Å². The Bertz CT molecular complexity index is 331. The lowest BCUT2D eigenvalue weighted by atomic mass is 10.2. The van der Waals surface area contributed by atoms with Crippen molar-refractivity contribution in [1.29, 1.82) is 0 Å². The van der Waals surface area contributed by atoms with E-state index in [4.69, 9.17) is 4.74 Å². The molecule has 4 nitrogen and oxygen atoms in total. The van der Waals surface area contributed by atoms with E-state index in [1.165, 1.54) is 7.11 Å². The molecule has 5 heteroatoms. The molecule has 0 saturated heterocycles. The monoisotopic (exact) mass is 320 g/mol. The third-order valence-corrected chi connectivity index (χ3v) is 2.57. The van der Waals surface area contributed by atoms with Gasteiger partial charge in [0.25, 0.3) is 5.91 Å². The summed E-state index contributed by atoms with van der Waals surface area (Å²) in [6.07, 6.45) is 2.56. The Balaban J connectivity index is 2.64. The van der Waals surface area contributed by atoms with Gasteiger partial charge in [-0.1, -0.05) is 22.6 Å². The molecule has 1 N–H and O–H groups in total. The summed E-state index contributed by atoms with van der Waals surface area (Å²) < 4.78 is 6.03. The van der Waals surface area contributed by atoms with Crippen molar-refractivity contribution < 1.29 is 9.53 Å². The Hall–Kier alpha value is -0.850. The van der Waals surface area contributed by atoms with Crippen molar-refractivity contribution in [2.24, 2.45) is 0 Å². The number of alkyl halides is 1. The summed E-state index contributed by atoms with van der Waals surface area (Å²) in [6.45, 7) is 0.680. The lowest BCUT2D eigenvalue weighted by molar-refractivity contribution is 0.0950. The number of nitrogens with zero attached hydrogens (tertiary/aromatic N) is 1. The summed E-state index contributed by atoms with van der Waals surface area (Å²) in [5.41, 5.74) is 0.480. The molecule has 0 saturated carbocycles. The first kappa shape index (κ1) is 12.2. The molecule has 0 aliphatic carbocycles. The van der Waals surface area contributed by atoms with E-state index in [0.717, 1.165) is 10.8 Å². The SMILES string of the molecule is COc1ncccc1C(=O)NCCCI. The molecule has 0 aromatic carbocycles. The lowest BCUT2D eigenvalue weighted by Gasteiger charge is -2.07. The molecule has 1 amide bonds. The second-order valence-corrected chi connectivity index (χ2v) is 3.94. The van der Waals surface area contributed by atoms with Gasteiger partial charge in [-0.2, -0.15) is 0 Å². The number of hydrogen-bond donors (Lipinski definition) is 1. The van der Waals surface area contributed by atoms with Gasteiger partial charge in [-0.05, 0) is 18.6 Å². The van der Waals surface area contributed by atoms with Crippen LogP contribution in [0.1, 0.15) is 16.8 Å². The van der Waals surface area contributed by atoms with E-state index in [1.54, 1.807) is 18.3 Å². The summed E-state index contributed by atoms with van der Waals surface area (Å²) in [6, 6.07) is 3.42. The number of ether oxygens (including phenoxy) is 1. The lowest BCUT2D eigenvalue weighted by Crippen LogP contribution is -2.25. The van der Waals surface area contributed by atoms with Gasteiger partial charge < -0.3 is 10.1 Å². The molecule has 1 aromatic heterocycles. The quantitative estimate of drug-likeness (QED) is 0.510. The first-order valence-corrected chi connectivity index (χ1v) is 6.15. The fraction of sp³-hybridized carbons (Fsp3) is 0.400. The Labute approximate surface area is 103 Å². The molecule has 82 valence electrons. The highest BCUT2D eigenvalue weighted by Crippen LogP contribution is 2.12. The van der Waals surface area contributed by atoms with E-state index < -0.39 is 0 Å². The third kappa shape index (κ3) is 3.65. The van der Waals surface area contributed by atoms with Gasteiger partial charge in [0.1, 0.15) is 5.56 Å². The van der Waals surface area contributed by atoms with E-state index in [9.17, 15) is 4.79 Å². The van der Waals surface area contributed by atoms with E-state index in [-0.39, 0.29) is 5.91 Å². The van der Waals surface area contributed by atoms with Crippen molar-refractivity contribution >= 4 is 28.5 Å². The van der Waals surface area contributed by atoms with Crippen LogP contribution >= 0.6 is 22.6 Å². The third-order valence-electron chi connectivity index (χ3n) is 1.81. The minimum Gasteiger partial charge on any atom is -0.480 e. The van der Waals surface area contributed by atoms with Gasteiger partial charge in [0, 0.05) is 17.2 Å². The number of pyridine rings is 1. The molecule has 0 bridgehead atoms. The maximum absolute atomic E-state index is 11.7. The maximum atomic E-state index is 11.7. The highest BCUT2D eigenvalue weighted by molar-refractivity contribution is 14.1. The van der Waals surface area contributed by atoms with Crippen LogP contribution in [0.3, 0.4) is 0 Å². The molecule has 0 atom stereocenters. The fourth-order valence-electron chi connectivity index (χ4n) is 1.09. The zero-order valence-corrected chi connectivity index (χ0v) is 10.7. The highest BCUT2D eigenvalue weighted by Gasteiger charge is 2.11. The first-order valence-electron chi connectivity index (χ1n) is 4.62. The number of hydrogen-bond acceptors (Lipinski definition) is 3. The molecule has 0 unspecified atom stereocenters. The Morgan fingerprint density at radius 1 is 1.67 bits per heavy atom. The second-order valence-electron chi connectivity index (χ2n) is 2.86. The summed E-state index contributed by atoms with van der Waals surface area (Å²) in [7, 11) is 1.50. The zero-order valence-electron chi connectivity index (χ0n) is 8.50. The molecule has 15 heavy (non-hydrogen) atoms. The molecule has 0 radical (unpaired) electrons. The molecule has 0 aliphatic heterocycles.